The molecule has 1 aromatic carbocycles. The van der Waals surface area contributed by atoms with Gasteiger partial charge in [0, 0.05) is 18.1 Å². The van der Waals surface area contributed by atoms with Gasteiger partial charge in [-0.15, -0.1) is 0 Å². The number of anilines is 1. The minimum Gasteiger partial charge on any atom is -0.480 e. The van der Waals surface area contributed by atoms with Gasteiger partial charge in [-0.05, 0) is 35.7 Å². The molecule has 106 valence electrons. The predicted molar refractivity (Wildman–Crippen MR) is 78.1 cm³/mol. The largest absolute Gasteiger partial charge is 0.480 e. The highest BCUT2D eigenvalue weighted by Crippen LogP contribution is 2.24. The molecule has 5 heteroatoms. The number of nitrogens with zero attached hydrogens (tertiary/aromatic N) is 2. The maximum absolute atomic E-state index is 11.3. The average molecular weight is 273 g/mol. The molecule has 0 bridgehead atoms. The van der Waals surface area contributed by atoms with E-state index in [4.69, 9.17) is 0 Å². The predicted octanol–water partition coefficient (Wildman–Crippen LogP) is 2.78. The van der Waals surface area contributed by atoms with Crippen LogP contribution < -0.4 is 5.32 Å². The van der Waals surface area contributed by atoms with Crippen LogP contribution in [0.1, 0.15) is 20.8 Å². The van der Waals surface area contributed by atoms with Gasteiger partial charge in [0.25, 0.3) is 0 Å². The lowest BCUT2D eigenvalue weighted by molar-refractivity contribution is -0.140. The summed E-state index contributed by atoms with van der Waals surface area (Å²) in [5.41, 5.74) is 1.35. The number of benzene rings is 1. The highest BCUT2D eigenvalue weighted by Gasteiger charge is 2.30. The first-order chi connectivity index (χ1) is 9.38. The average Bonchev–Trinajstić information content (AvgIpc) is 2.88. The van der Waals surface area contributed by atoms with Gasteiger partial charge in [-0.2, -0.15) is 5.10 Å². The molecule has 0 saturated carbocycles. The molecule has 0 radical (unpaired) electrons. The number of nitrogens with one attached hydrogen (secondary N) is 1. The second-order valence-electron chi connectivity index (χ2n) is 5.78. The minimum absolute atomic E-state index is 0.369. The van der Waals surface area contributed by atoms with Gasteiger partial charge in [0.05, 0.1) is 5.69 Å². The third-order valence-electron chi connectivity index (χ3n) is 3.06. The minimum atomic E-state index is -0.853. The van der Waals surface area contributed by atoms with E-state index < -0.39 is 12.0 Å². The maximum atomic E-state index is 11.3. The lowest BCUT2D eigenvalue weighted by Crippen LogP contribution is -2.41. The standard InChI is InChI=1S/C15H19N3O2/c1-15(2,3)13(14(19)20)17-11-5-7-12(8-6-11)18-10-4-9-16-18/h4-10,13,17H,1-3H3,(H,19,20). The molecular weight excluding hydrogens is 254 g/mol. The van der Waals surface area contributed by atoms with E-state index in [-0.39, 0.29) is 5.41 Å². The number of hydrogen-bond donors (Lipinski definition) is 2. The van der Waals surface area contributed by atoms with Gasteiger partial charge in [0.1, 0.15) is 6.04 Å². The monoisotopic (exact) mass is 273 g/mol. The van der Waals surface area contributed by atoms with Crippen LogP contribution in [0.15, 0.2) is 42.7 Å². The first-order valence-electron chi connectivity index (χ1n) is 6.47. The topological polar surface area (TPSA) is 67.2 Å². The van der Waals surface area contributed by atoms with Crippen molar-refractivity contribution in [3.8, 4) is 5.69 Å². The molecule has 1 heterocycles. The van der Waals surface area contributed by atoms with E-state index in [9.17, 15) is 9.90 Å². The normalized spacial score (nSPS) is 12.9. The second kappa shape index (κ2) is 5.36. The summed E-state index contributed by atoms with van der Waals surface area (Å²) in [6, 6.07) is 8.73. The molecule has 0 fully saturated rings. The third-order valence-corrected chi connectivity index (χ3v) is 3.06. The first-order valence-corrected chi connectivity index (χ1v) is 6.47. The van der Waals surface area contributed by atoms with Gasteiger partial charge < -0.3 is 10.4 Å². The lowest BCUT2D eigenvalue weighted by atomic mass is 9.86. The molecule has 5 nitrogen and oxygen atoms in total. The van der Waals surface area contributed by atoms with Gasteiger partial charge in [-0.25, -0.2) is 9.48 Å². The van der Waals surface area contributed by atoms with Gasteiger partial charge in [0.2, 0.25) is 0 Å². The van der Waals surface area contributed by atoms with Gasteiger partial charge in [-0.3, -0.25) is 0 Å². The zero-order valence-corrected chi connectivity index (χ0v) is 11.9. The van der Waals surface area contributed by atoms with Crippen LogP contribution in [0.3, 0.4) is 0 Å². The van der Waals surface area contributed by atoms with Crippen LogP contribution >= 0.6 is 0 Å². The van der Waals surface area contributed by atoms with E-state index in [1.165, 1.54) is 0 Å². The molecule has 0 amide bonds. The Balaban J connectivity index is 2.16. The van der Waals surface area contributed by atoms with Crippen molar-refractivity contribution in [1.29, 1.82) is 0 Å². The number of carboxylic acids is 1. The Morgan fingerprint density at radius 3 is 2.40 bits per heavy atom. The van der Waals surface area contributed by atoms with Crippen LogP contribution in [0.5, 0.6) is 0 Å². The molecule has 1 aromatic heterocycles. The summed E-state index contributed by atoms with van der Waals surface area (Å²) in [6.45, 7) is 5.70. The van der Waals surface area contributed by atoms with Crippen molar-refractivity contribution in [2.24, 2.45) is 5.41 Å². The van der Waals surface area contributed by atoms with E-state index in [0.29, 0.717) is 0 Å². The summed E-state index contributed by atoms with van der Waals surface area (Å²) in [5, 5.41) is 16.5. The molecule has 1 atom stereocenters. The highest BCUT2D eigenvalue weighted by atomic mass is 16.4. The van der Waals surface area contributed by atoms with Crippen molar-refractivity contribution in [3.05, 3.63) is 42.7 Å². The molecule has 0 aliphatic heterocycles. The molecule has 1 unspecified atom stereocenters. The molecule has 2 aromatic rings. The Morgan fingerprint density at radius 2 is 1.95 bits per heavy atom. The Bertz CT molecular complexity index is 568. The van der Waals surface area contributed by atoms with Gasteiger partial charge in [0.15, 0.2) is 0 Å². The van der Waals surface area contributed by atoms with Gasteiger partial charge >= 0.3 is 5.97 Å². The number of carboxylic acid groups (broad SMARTS) is 1. The van der Waals surface area contributed by atoms with Crippen molar-refractivity contribution in [2.75, 3.05) is 5.32 Å². The molecule has 0 aliphatic carbocycles. The van der Waals surface area contributed by atoms with Crippen molar-refractivity contribution < 1.29 is 9.90 Å². The van der Waals surface area contributed by atoms with Crippen molar-refractivity contribution in [1.82, 2.24) is 9.78 Å². The van der Waals surface area contributed by atoms with E-state index in [0.717, 1.165) is 11.4 Å². The quantitative estimate of drug-likeness (QED) is 0.899. The fraction of sp³-hybridized carbons (Fsp3) is 0.333. The fourth-order valence-electron chi connectivity index (χ4n) is 1.95. The molecule has 0 aliphatic rings. The summed E-state index contributed by atoms with van der Waals surface area (Å²) in [7, 11) is 0. The van der Waals surface area contributed by atoms with Gasteiger partial charge in [-0.1, -0.05) is 20.8 Å². The second-order valence-corrected chi connectivity index (χ2v) is 5.78. The van der Waals surface area contributed by atoms with Crippen LogP contribution in [0.4, 0.5) is 5.69 Å². The molecule has 20 heavy (non-hydrogen) atoms. The molecule has 0 spiro atoms. The summed E-state index contributed by atoms with van der Waals surface area (Å²) in [4.78, 5) is 11.3. The van der Waals surface area contributed by atoms with Crippen molar-refractivity contribution in [3.63, 3.8) is 0 Å². The Kier molecular flexibility index (Phi) is 3.79. The fourth-order valence-corrected chi connectivity index (χ4v) is 1.95. The number of hydrogen-bond acceptors (Lipinski definition) is 3. The van der Waals surface area contributed by atoms with E-state index >= 15 is 0 Å². The Labute approximate surface area is 118 Å². The van der Waals surface area contributed by atoms with Crippen molar-refractivity contribution in [2.45, 2.75) is 26.8 Å². The summed E-state index contributed by atoms with van der Waals surface area (Å²) < 4.78 is 1.75. The zero-order chi connectivity index (χ0) is 14.8. The molecule has 2 N–H and O–H groups in total. The Hall–Kier alpha value is -2.30. The SMILES string of the molecule is CC(C)(C)C(Nc1ccc(-n2cccn2)cc1)C(=O)O. The summed E-state index contributed by atoms with van der Waals surface area (Å²) in [6.07, 6.45) is 3.57. The molecular formula is C15H19N3O2. The van der Waals surface area contributed by atoms with Crippen molar-refractivity contribution >= 4 is 11.7 Å². The number of carbonyl (C=O) groups is 1. The Morgan fingerprint density at radius 1 is 1.30 bits per heavy atom. The van der Waals surface area contributed by atoms with Crippen LogP contribution in [-0.2, 0) is 4.79 Å². The lowest BCUT2D eigenvalue weighted by Gasteiger charge is -2.28. The molecule has 2 rings (SSSR count). The highest BCUT2D eigenvalue weighted by molar-refractivity contribution is 5.78. The zero-order valence-electron chi connectivity index (χ0n) is 11.9. The number of rotatable bonds is 4. The van der Waals surface area contributed by atoms with Crippen LogP contribution in [0.25, 0.3) is 5.69 Å². The van der Waals surface area contributed by atoms with Crippen LogP contribution in [0, 0.1) is 5.41 Å². The van der Waals surface area contributed by atoms with E-state index in [2.05, 4.69) is 10.4 Å². The number of aromatic nitrogens is 2. The van der Waals surface area contributed by atoms with E-state index in [1.54, 1.807) is 10.9 Å². The first kappa shape index (κ1) is 14.1. The summed E-state index contributed by atoms with van der Waals surface area (Å²) in [5.74, 6) is -0.853. The summed E-state index contributed by atoms with van der Waals surface area (Å²) >= 11 is 0. The molecule has 0 saturated heterocycles. The van der Waals surface area contributed by atoms with E-state index in [1.807, 2.05) is 57.3 Å². The third kappa shape index (κ3) is 3.17. The van der Waals surface area contributed by atoms with Crippen LogP contribution in [-0.4, -0.2) is 26.9 Å². The van der Waals surface area contributed by atoms with Crippen LogP contribution in [0.2, 0.25) is 0 Å². The maximum Gasteiger partial charge on any atom is 0.326 e. The smallest absolute Gasteiger partial charge is 0.326 e. The number of aliphatic carboxylic acids is 1.